The van der Waals surface area contributed by atoms with E-state index < -0.39 is 0 Å². The summed E-state index contributed by atoms with van der Waals surface area (Å²) < 4.78 is 0. The summed E-state index contributed by atoms with van der Waals surface area (Å²) in [6.45, 7) is 0. The molecule has 1 heterocycles. The maximum absolute atomic E-state index is 6.19. The van der Waals surface area contributed by atoms with Crippen LogP contribution < -0.4 is 0 Å². The Morgan fingerprint density at radius 1 is 1.12 bits per heavy atom. The first-order chi connectivity index (χ1) is 7.84. The SMILES string of the molecule is ClC1CCC(c2cccc3ncccc23)C1. The molecule has 1 nitrogen and oxygen atoms in total. The molecule has 1 aromatic heterocycles. The van der Waals surface area contributed by atoms with Crippen LogP contribution >= 0.6 is 11.6 Å². The van der Waals surface area contributed by atoms with Gasteiger partial charge < -0.3 is 0 Å². The van der Waals surface area contributed by atoms with Crippen LogP contribution in [0.15, 0.2) is 36.5 Å². The summed E-state index contributed by atoms with van der Waals surface area (Å²) in [7, 11) is 0. The number of halogens is 1. The number of alkyl halides is 1. The summed E-state index contributed by atoms with van der Waals surface area (Å²) in [6, 6.07) is 10.6. The molecule has 0 spiro atoms. The van der Waals surface area contributed by atoms with Crippen molar-refractivity contribution in [2.24, 2.45) is 0 Å². The number of rotatable bonds is 1. The van der Waals surface area contributed by atoms with E-state index in [1.165, 1.54) is 17.4 Å². The average molecular weight is 232 g/mol. The number of pyridine rings is 1. The number of hydrogen-bond donors (Lipinski definition) is 0. The molecule has 0 amide bonds. The quantitative estimate of drug-likeness (QED) is 0.673. The molecule has 1 fully saturated rings. The number of aromatic nitrogens is 1. The van der Waals surface area contributed by atoms with Crippen molar-refractivity contribution in [3.8, 4) is 0 Å². The summed E-state index contributed by atoms with van der Waals surface area (Å²) >= 11 is 6.19. The first-order valence-electron chi connectivity index (χ1n) is 5.82. The smallest absolute Gasteiger partial charge is 0.0704 e. The Balaban J connectivity index is 2.09. The van der Waals surface area contributed by atoms with E-state index in [1.807, 2.05) is 12.3 Å². The van der Waals surface area contributed by atoms with Gasteiger partial charge in [-0.25, -0.2) is 0 Å². The van der Waals surface area contributed by atoms with E-state index in [4.69, 9.17) is 11.6 Å². The topological polar surface area (TPSA) is 12.9 Å². The average Bonchev–Trinajstić information content (AvgIpc) is 2.75. The van der Waals surface area contributed by atoms with Crippen LogP contribution in [0.4, 0.5) is 0 Å². The third-order valence-electron chi connectivity index (χ3n) is 3.49. The molecule has 2 aromatic rings. The number of hydrogen-bond acceptors (Lipinski definition) is 1. The van der Waals surface area contributed by atoms with Crippen molar-refractivity contribution in [3.05, 3.63) is 42.1 Å². The Kier molecular flexibility index (Phi) is 2.56. The van der Waals surface area contributed by atoms with Gasteiger partial charge in [-0.3, -0.25) is 4.98 Å². The van der Waals surface area contributed by atoms with Crippen LogP contribution in [0, 0.1) is 0 Å². The zero-order chi connectivity index (χ0) is 11.0. The highest BCUT2D eigenvalue weighted by atomic mass is 35.5. The van der Waals surface area contributed by atoms with E-state index in [2.05, 4.69) is 29.2 Å². The second-order valence-corrected chi connectivity index (χ2v) is 5.14. The van der Waals surface area contributed by atoms with Gasteiger partial charge in [-0.15, -0.1) is 11.6 Å². The first kappa shape index (κ1) is 10.1. The minimum absolute atomic E-state index is 0.358. The summed E-state index contributed by atoms with van der Waals surface area (Å²) in [5, 5.41) is 1.65. The Morgan fingerprint density at radius 2 is 2.06 bits per heavy atom. The standard InChI is InChI=1S/C14H14ClN/c15-11-7-6-10(9-11)12-3-1-5-14-13(12)4-2-8-16-14/h1-5,8,10-11H,6-7,9H2. The molecule has 0 aliphatic heterocycles. The van der Waals surface area contributed by atoms with Crippen LogP contribution in [-0.4, -0.2) is 10.4 Å². The Bertz CT molecular complexity index is 504. The fraction of sp³-hybridized carbons (Fsp3) is 0.357. The van der Waals surface area contributed by atoms with Crippen molar-refractivity contribution in [2.75, 3.05) is 0 Å². The van der Waals surface area contributed by atoms with Crippen molar-refractivity contribution in [1.82, 2.24) is 4.98 Å². The third-order valence-corrected chi connectivity index (χ3v) is 3.88. The van der Waals surface area contributed by atoms with Crippen LogP contribution in [0.3, 0.4) is 0 Å². The molecule has 0 radical (unpaired) electrons. The van der Waals surface area contributed by atoms with E-state index >= 15 is 0 Å². The lowest BCUT2D eigenvalue weighted by molar-refractivity contribution is 0.730. The van der Waals surface area contributed by atoms with E-state index in [1.54, 1.807) is 0 Å². The second-order valence-electron chi connectivity index (χ2n) is 4.52. The molecule has 82 valence electrons. The highest BCUT2D eigenvalue weighted by molar-refractivity contribution is 6.20. The molecule has 1 aliphatic rings. The lowest BCUT2D eigenvalue weighted by atomic mass is 9.94. The lowest BCUT2D eigenvalue weighted by Gasteiger charge is -2.12. The first-order valence-corrected chi connectivity index (χ1v) is 6.26. The highest BCUT2D eigenvalue weighted by Crippen LogP contribution is 2.39. The predicted octanol–water partition coefficient (Wildman–Crippen LogP) is 4.11. The van der Waals surface area contributed by atoms with Gasteiger partial charge in [-0.05, 0) is 42.9 Å². The third kappa shape index (κ3) is 1.69. The second kappa shape index (κ2) is 4.06. The molecule has 0 N–H and O–H groups in total. The van der Waals surface area contributed by atoms with Gasteiger partial charge in [0.05, 0.1) is 5.52 Å². The molecule has 3 rings (SSSR count). The van der Waals surface area contributed by atoms with Crippen molar-refractivity contribution >= 4 is 22.5 Å². The van der Waals surface area contributed by atoms with Gasteiger partial charge >= 0.3 is 0 Å². The summed E-state index contributed by atoms with van der Waals surface area (Å²) in [6.07, 6.45) is 5.31. The molecule has 1 saturated carbocycles. The van der Waals surface area contributed by atoms with Gasteiger partial charge in [0.1, 0.15) is 0 Å². The van der Waals surface area contributed by atoms with Gasteiger partial charge in [0, 0.05) is 17.0 Å². The lowest BCUT2D eigenvalue weighted by Crippen LogP contribution is -1.96. The van der Waals surface area contributed by atoms with Crippen LogP contribution in [0.1, 0.15) is 30.7 Å². The fourth-order valence-corrected chi connectivity index (χ4v) is 3.03. The van der Waals surface area contributed by atoms with Crippen LogP contribution in [0.25, 0.3) is 10.9 Å². The normalized spacial score (nSPS) is 25.1. The molecule has 2 heteroatoms. The van der Waals surface area contributed by atoms with Crippen LogP contribution in [-0.2, 0) is 0 Å². The number of benzene rings is 1. The van der Waals surface area contributed by atoms with E-state index in [0.29, 0.717) is 11.3 Å². The largest absolute Gasteiger partial charge is 0.256 e. The van der Waals surface area contributed by atoms with Gasteiger partial charge in [0.2, 0.25) is 0 Å². The van der Waals surface area contributed by atoms with Gasteiger partial charge in [-0.1, -0.05) is 18.2 Å². The maximum Gasteiger partial charge on any atom is 0.0704 e. The zero-order valence-electron chi connectivity index (χ0n) is 9.07. The van der Waals surface area contributed by atoms with Crippen molar-refractivity contribution < 1.29 is 0 Å². The van der Waals surface area contributed by atoms with Crippen LogP contribution in [0.5, 0.6) is 0 Å². The van der Waals surface area contributed by atoms with Crippen LogP contribution in [0.2, 0.25) is 0 Å². The number of fused-ring (bicyclic) bond motifs is 1. The summed E-state index contributed by atoms with van der Waals surface area (Å²) in [4.78, 5) is 4.40. The summed E-state index contributed by atoms with van der Waals surface area (Å²) in [5.74, 6) is 0.621. The minimum Gasteiger partial charge on any atom is -0.256 e. The van der Waals surface area contributed by atoms with Gasteiger partial charge in [0.15, 0.2) is 0 Å². The van der Waals surface area contributed by atoms with E-state index in [9.17, 15) is 0 Å². The molecule has 1 aromatic carbocycles. The van der Waals surface area contributed by atoms with Crippen molar-refractivity contribution in [3.63, 3.8) is 0 Å². The van der Waals surface area contributed by atoms with Gasteiger partial charge in [-0.2, -0.15) is 0 Å². The van der Waals surface area contributed by atoms with Crippen molar-refractivity contribution in [2.45, 2.75) is 30.6 Å². The molecule has 1 aliphatic carbocycles. The van der Waals surface area contributed by atoms with E-state index in [0.717, 1.165) is 18.4 Å². The molecular weight excluding hydrogens is 218 g/mol. The molecular formula is C14H14ClN. The molecule has 2 atom stereocenters. The van der Waals surface area contributed by atoms with Crippen molar-refractivity contribution in [1.29, 1.82) is 0 Å². The molecule has 2 unspecified atom stereocenters. The fourth-order valence-electron chi connectivity index (χ4n) is 2.69. The zero-order valence-corrected chi connectivity index (χ0v) is 9.82. The Labute approximate surface area is 100 Å². The Hall–Kier alpha value is -1.08. The maximum atomic E-state index is 6.19. The summed E-state index contributed by atoms with van der Waals surface area (Å²) in [5.41, 5.74) is 2.52. The highest BCUT2D eigenvalue weighted by Gasteiger charge is 2.25. The molecule has 16 heavy (non-hydrogen) atoms. The molecule has 0 bridgehead atoms. The van der Waals surface area contributed by atoms with E-state index in [-0.39, 0.29) is 0 Å². The predicted molar refractivity (Wildman–Crippen MR) is 68.0 cm³/mol. The number of nitrogens with zero attached hydrogens (tertiary/aromatic N) is 1. The molecule has 0 saturated heterocycles. The van der Waals surface area contributed by atoms with Gasteiger partial charge in [0.25, 0.3) is 0 Å². The monoisotopic (exact) mass is 231 g/mol. The minimum atomic E-state index is 0.358. The Morgan fingerprint density at radius 3 is 2.88 bits per heavy atom.